The molecule has 0 radical (unpaired) electrons. The SMILES string of the molecule is Cc1nc(CN2CCN(CCn3ccnc3)CC2)cs1. The van der Waals surface area contributed by atoms with Crippen molar-refractivity contribution in [2.24, 2.45) is 0 Å². The van der Waals surface area contributed by atoms with E-state index in [2.05, 4.69) is 36.6 Å². The van der Waals surface area contributed by atoms with Crippen LogP contribution in [0.1, 0.15) is 10.7 Å². The Morgan fingerprint density at radius 3 is 2.60 bits per heavy atom. The molecular weight excluding hydrogens is 270 g/mol. The zero-order valence-electron chi connectivity index (χ0n) is 11.9. The molecule has 2 aromatic heterocycles. The van der Waals surface area contributed by atoms with Crippen LogP contribution in [-0.2, 0) is 13.1 Å². The van der Waals surface area contributed by atoms with Crippen molar-refractivity contribution in [3.8, 4) is 0 Å². The summed E-state index contributed by atoms with van der Waals surface area (Å²) in [6.07, 6.45) is 5.76. The lowest BCUT2D eigenvalue weighted by Crippen LogP contribution is -2.46. The number of rotatable bonds is 5. The van der Waals surface area contributed by atoms with E-state index >= 15 is 0 Å². The van der Waals surface area contributed by atoms with E-state index < -0.39 is 0 Å². The highest BCUT2D eigenvalue weighted by Gasteiger charge is 2.17. The van der Waals surface area contributed by atoms with E-state index in [0.717, 1.165) is 45.8 Å². The van der Waals surface area contributed by atoms with Gasteiger partial charge in [0.2, 0.25) is 0 Å². The molecule has 1 aliphatic rings. The van der Waals surface area contributed by atoms with E-state index in [0.29, 0.717) is 0 Å². The summed E-state index contributed by atoms with van der Waals surface area (Å²) in [5.74, 6) is 0. The Labute approximate surface area is 123 Å². The van der Waals surface area contributed by atoms with Crippen LogP contribution >= 0.6 is 11.3 Å². The normalized spacial score (nSPS) is 17.6. The zero-order chi connectivity index (χ0) is 13.8. The molecule has 5 nitrogen and oxygen atoms in total. The minimum atomic E-state index is 1.000. The molecule has 0 aromatic carbocycles. The molecule has 6 heteroatoms. The topological polar surface area (TPSA) is 37.2 Å². The summed E-state index contributed by atoms with van der Waals surface area (Å²) in [6.45, 7) is 9.80. The maximum absolute atomic E-state index is 4.55. The lowest BCUT2D eigenvalue weighted by molar-refractivity contribution is 0.123. The highest BCUT2D eigenvalue weighted by molar-refractivity contribution is 7.09. The van der Waals surface area contributed by atoms with Gasteiger partial charge in [0.25, 0.3) is 0 Å². The Kier molecular flexibility index (Phi) is 4.44. The molecule has 1 fully saturated rings. The van der Waals surface area contributed by atoms with Crippen LogP contribution in [0, 0.1) is 6.92 Å². The summed E-state index contributed by atoms with van der Waals surface area (Å²) in [4.78, 5) is 13.7. The summed E-state index contributed by atoms with van der Waals surface area (Å²) < 4.78 is 2.14. The van der Waals surface area contributed by atoms with Crippen molar-refractivity contribution >= 4 is 11.3 Å². The van der Waals surface area contributed by atoms with Crippen molar-refractivity contribution in [2.45, 2.75) is 20.0 Å². The monoisotopic (exact) mass is 291 g/mol. The Hall–Kier alpha value is -1.24. The van der Waals surface area contributed by atoms with E-state index in [4.69, 9.17) is 0 Å². The summed E-state index contributed by atoms with van der Waals surface area (Å²) in [5, 5.41) is 3.35. The third-order valence-electron chi connectivity index (χ3n) is 3.75. The van der Waals surface area contributed by atoms with Gasteiger partial charge in [-0.25, -0.2) is 9.97 Å². The molecule has 108 valence electrons. The van der Waals surface area contributed by atoms with Crippen LogP contribution in [0.15, 0.2) is 24.1 Å². The fraction of sp³-hybridized carbons (Fsp3) is 0.571. The molecular formula is C14H21N5S. The molecule has 0 atom stereocenters. The van der Waals surface area contributed by atoms with Gasteiger partial charge in [-0.1, -0.05) is 0 Å². The predicted molar refractivity (Wildman–Crippen MR) is 80.8 cm³/mol. The van der Waals surface area contributed by atoms with Crippen LogP contribution in [0.4, 0.5) is 0 Å². The summed E-state index contributed by atoms with van der Waals surface area (Å²) in [7, 11) is 0. The van der Waals surface area contributed by atoms with Gasteiger partial charge in [-0.2, -0.15) is 0 Å². The second-order valence-corrected chi connectivity index (χ2v) is 6.34. The molecule has 3 heterocycles. The first-order valence-electron chi connectivity index (χ1n) is 7.11. The van der Waals surface area contributed by atoms with Gasteiger partial charge in [0.1, 0.15) is 0 Å². The van der Waals surface area contributed by atoms with Crippen molar-refractivity contribution in [3.63, 3.8) is 0 Å². The molecule has 3 rings (SSSR count). The number of thiazole rings is 1. The average Bonchev–Trinajstić information content (AvgIpc) is 3.10. The highest BCUT2D eigenvalue weighted by atomic mass is 32.1. The lowest BCUT2D eigenvalue weighted by Gasteiger charge is -2.34. The molecule has 0 N–H and O–H groups in total. The quantitative estimate of drug-likeness (QED) is 0.836. The molecule has 0 saturated carbocycles. The number of aromatic nitrogens is 3. The fourth-order valence-electron chi connectivity index (χ4n) is 2.56. The average molecular weight is 291 g/mol. The van der Waals surface area contributed by atoms with Gasteiger partial charge < -0.3 is 4.57 Å². The van der Waals surface area contributed by atoms with Gasteiger partial charge in [-0.3, -0.25) is 9.80 Å². The fourth-order valence-corrected chi connectivity index (χ4v) is 3.16. The Balaban J connectivity index is 1.40. The van der Waals surface area contributed by atoms with E-state index in [-0.39, 0.29) is 0 Å². The number of piperazine rings is 1. The number of imidazole rings is 1. The molecule has 1 aliphatic heterocycles. The second kappa shape index (κ2) is 6.47. The van der Waals surface area contributed by atoms with Crippen LogP contribution in [0.2, 0.25) is 0 Å². The number of hydrogen-bond acceptors (Lipinski definition) is 5. The molecule has 1 saturated heterocycles. The van der Waals surface area contributed by atoms with Crippen LogP contribution in [0.5, 0.6) is 0 Å². The first kappa shape index (κ1) is 13.7. The van der Waals surface area contributed by atoms with Crippen molar-refractivity contribution in [1.82, 2.24) is 24.3 Å². The van der Waals surface area contributed by atoms with Gasteiger partial charge in [-0.15, -0.1) is 11.3 Å². The first-order chi connectivity index (χ1) is 9.79. The minimum Gasteiger partial charge on any atom is -0.336 e. The third-order valence-corrected chi connectivity index (χ3v) is 4.57. The predicted octanol–water partition coefficient (Wildman–Crippen LogP) is 1.47. The Bertz CT molecular complexity index is 513. The maximum atomic E-state index is 4.55. The molecule has 0 unspecified atom stereocenters. The van der Waals surface area contributed by atoms with E-state index in [1.165, 1.54) is 10.7 Å². The van der Waals surface area contributed by atoms with Crippen LogP contribution < -0.4 is 0 Å². The van der Waals surface area contributed by atoms with Crippen molar-refractivity contribution in [2.75, 3.05) is 32.7 Å². The number of hydrogen-bond donors (Lipinski definition) is 0. The minimum absolute atomic E-state index is 1.000. The van der Waals surface area contributed by atoms with Gasteiger partial charge in [0, 0.05) is 63.6 Å². The molecule has 0 spiro atoms. The van der Waals surface area contributed by atoms with Crippen molar-refractivity contribution < 1.29 is 0 Å². The molecule has 2 aromatic rings. The van der Waals surface area contributed by atoms with Gasteiger partial charge >= 0.3 is 0 Å². The summed E-state index contributed by atoms with van der Waals surface area (Å²) >= 11 is 1.74. The summed E-state index contributed by atoms with van der Waals surface area (Å²) in [6, 6.07) is 0. The van der Waals surface area contributed by atoms with E-state index in [9.17, 15) is 0 Å². The van der Waals surface area contributed by atoms with Crippen molar-refractivity contribution in [1.29, 1.82) is 0 Å². The van der Waals surface area contributed by atoms with Crippen LogP contribution in [-0.4, -0.2) is 57.1 Å². The smallest absolute Gasteiger partial charge is 0.0946 e. The lowest BCUT2D eigenvalue weighted by atomic mass is 10.3. The van der Waals surface area contributed by atoms with Crippen molar-refractivity contribution in [3.05, 3.63) is 34.8 Å². The molecule has 20 heavy (non-hydrogen) atoms. The van der Waals surface area contributed by atoms with E-state index in [1.807, 2.05) is 18.7 Å². The summed E-state index contributed by atoms with van der Waals surface area (Å²) in [5.41, 5.74) is 1.22. The first-order valence-corrected chi connectivity index (χ1v) is 7.99. The highest BCUT2D eigenvalue weighted by Crippen LogP contribution is 2.12. The Morgan fingerprint density at radius 2 is 1.95 bits per heavy atom. The van der Waals surface area contributed by atoms with Gasteiger partial charge in [-0.05, 0) is 6.92 Å². The maximum Gasteiger partial charge on any atom is 0.0946 e. The van der Waals surface area contributed by atoms with E-state index in [1.54, 1.807) is 11.3 Å². The molecule has 0 aliphatic carbocycles. The number of nitrogens with zero attached hydrogens (tertiary/aromatic N) is 5. The molecule has 0 amide bonds. The van der Waals surface area contributed by atoms with Crippen LogP contribution in [0.25, 0.3) is 0 Å². The standard InChI is InChI=1S/C14H21N5S/c1-13-16-14(11-20-13)10-18-7-4-17(5-8-18)6-9-19-3-2-15-12-19/h2-3,11-12H,4-10H2,1H3. The molecule has 0 bridgehead atoms. The zero-order valence-corrected chi connectivity index (χ0v) is 12.7. The number of aryl methyl sites for hydroxylation is 1. The largest absolute Gasteiger partial charge is 0.336 e. The Morgan fingerprint density at radius 1 is 1.15 bits per heavy atom. The third kappa shape index (κ3) is 3.65. The van der Waals surface area contributed by atoms with Gasteiger partial charge in [0.05, 0.1) is 17.0 Å². The van der Waals surface area contributed by atoms with Crippen LogP contribution in [0.3, 0.4) is 0 Å². The second-order valence-electron chi connectivity index (χ2n) is 5.28. The van der Waals surface area contributed by atoms with Gasteiger partial charge in [0.15, 0.2) is 0 Å².